The normalized spacial score (nSPS) is 16.0. The van der Waals surface area contributed by atoms with E-state index in [-0.39, 0.29) is 11.9 Å². The van der Waals surface area contributed by atoms with Crippen molar-refractivity contribution in [1.29, 1.82) is 0 Å². The maximum Gasteiger partial charge on any atom is 0.130 e. The van der Waals surface area contributed by atoms with E-state index in [4.69, 9.17) is 4.74 Å². The fourth-order valence-electron chi connectivity index (χ4n) is 2.42. The van der Waals surface area contributed by atoms with E-state index in [1.165, 1.54) is 25.0 Å². The molecule has 1 atom stereocenters. The van der Waals surface area contributed by atoms with Gasteiger partial charge in [-0.2, -0.15) is 0 Å². The summed E-state index contributed by atoms with van der Waals surface area (Å²) in [6.07, 6.45) is 6.06. The van der Waals surface area contributed by atoms with Gasteiger partial charge in [-0.25, -0.2) is 9.37 Å². The molecule has 21 heavy (non-hydrogen) atoms. The number of nitrogens with zero attached hydrogens (tertiary/aromatic N) is 2. The summed E-state index contributed by atoms with van der Waals surface area (Å²) < 4.78 is 21.5. The number of imidazole rings is 1. The molecular formula is C16H20FN3O. The lowest BCUT2D eigenvalue weighted by Gasteiger charge is -2.17. The Bertz CT molecular complexity index is 622. The van der Waals surface area contributed by atoms with Crippen LogP contribution in [-0.2, 0) is 6.61 Å². The van der Waals surface area contributed by atoms with Crippen LogP contribution in [-0.4, -0.2) is 16.6 Å². The molecule has 0 aliphatic heterocycles. The van der Waals surface area contributed by atoms with Crippen molar-refractivity contribution in [3.63, 3.8) is 0 Å². The molecule has 1 aromatic carbocycles. The van der Waals surface area contributed by atoms with Crippen molar-refractivity contribution in [3.05, 3.63) is 47.8 Å². The van der Waals surface area contributed by atoms with Gasteiger partial charge in [-0.15, -0.1) is 0 Å². The molecule has 0 spiro atoms. The first-order valence-electron chi connectivity index (χ1n) is 7.29. The lowest BCUT2D eigenvalue weighted by atomic mass is 10.1. The van der Waals surface area contributed by atoms with Gasteiger partial charge in [0, 0.05) is 23.7 Å². The highest BCUT2D eigenvalue weighted by atomic mass is 19.1. The molecule has 1 aromatic heterocycles. The Labute approximate surface area is 124 Å². The van der Waals surface area contributed by atoms with Gasteiger partial charge in [0.05, 0.1) is 18.2 Å². The summed E-state index contributed by atoms with van der Waals surface area (Å²) in [6, 6.07) is 5.35. The summed E-state index contributed by atoms with van der Waals surface area (Å²) in [5.41, 5.74) is 1.99. The third-order valence-electron chi connectivity index (χ3n) is 3.94. The molecule has 112 valence electrons. The van der Waals surface area contributed by atoms with Crippen molar-refractivity contribution in [2.75, 3.05) is 7.05 Å². The van der Waals surface area contributed by atoms with Crippen LogP contribution in [0, 0.1) is 5.82 Å². The first-order chi connectivity index (χ1) is 10.2. The second-order valence-corrected chi connectivity index (χ2v) is 5.50. The zero-order valence-corrected chi connectivity index (χ0v) is 12.3. The van der Waals surface area contributed by atoms with Crippen molar-refractivity contribution in [2.24, 2.45) is 0 Å². The Hall–Kier alpha value is -1.88. The van der Waals surface area contributed by atoms with Crippen LogP contribution in [0.1, 0.15) is 43.1 Å². The average Bonchev–Trinajstić information content (AvgIpc) is 3.23. The van der Waals surface area contributed by atoms with Gasteiger partial charge in [-0.1, -0.05) is 6.07 Å². The van der Waals surface area contributed by atoms with E-state index < -0.39 is 0 Å². The Balaban J connectivity index is 1.77. The third kappa shape index (κ3) is 3.08. The lowest BCUT2D eigenvalue weighted by molar-refractivity contribution is 0.288. The van der Waals surface area contributed by atoms with Gasteiger partial charge in [-0.05, 0) is 32.9 Å². The van der Waals surface area contributed by atoms with E-state index in [0.717, 1.165) is 11.3 Å². The predicted molar refractivity (Wildman–Crippen MR) is 78.7 cm³/mol. The molecule has 4 nitrogen and oxygen atoms in total. The first-order valence-corrected chi connectivity index (χ1v) is 7.29. The van der Waals surface area contributed by atoms with E-state index in [1.807, 2.05) is 26.5 Å². The molecule has 2 aromatic rings. The molecule has 3 rings (SSSR count). The van der Waals surface area contributed by atoms with Crippen LogP contribution in [0.3, 0.4) is 0 Å². The number of aromatic nitrogens is 2. The summed E-state index contributed by atoms with van der Waals surface area (Å²) in [5.74, 6) is 0.299. The van der Waals surface area contributed by atoms with Gasteiger partial charge >= 0.3 is 0 Å². The molecule has 1 saturated carbocycles. The van der Waals surface area contributed by atoms with E-state index in [1.54, 1.807) is 6.07 Å². The Kier molecular flexibility index (Phi) is 3.92. The highest BCUT2D eigenvalue weighted by molar-refractivity contribution is 5.36. The zero-order valence-electron chi connectivity index (χ0n) is 12.3. The number of benzene rings is 1. The highest BCUT2D eigenvalue weighted by Gasteiger charge is 2.25. The van der Waals surface area contributed by atoms with Gasteiger partial charge in [-0.3, -0.25) is 0 Å². The van der Waals surface area contributed by atoms with Crippen LogP contribution < -0.4 is 10.1 Å². The highest BCUT2D eigenvalue weighted by Crippen LogP contribution is 2.36. The van der Waals surface area contributed by atoms with Crippen LogP contribution in [0.4, 0.5) is 4.39 Å². The minimum Gasteiger partial charge on any atom is -0.487 e. The van der Waals surface area contributed by atoms with Crippen molar-refractivity contribution in [2.45, 2.75) is 38.5 Å². The fourth-order valence-corrected chi connectivity index (χ4v) is 2.42. The lowest BCUT2D eigenvalue weighted by Crippen LogP contribution is -2.14. The van der Waals surface area contributed by atoms with Gasteiger partial charge in [0.25, 0.3) is 0 Å². The number of ether oxygens (including phenoxy) is 1. The summed E-state index contributed by atoms with van der Waals surface area (Å²) in [6.45, 7) is 2.43. The molecule has 1 unspecified atom stereocenters. The summed E-state index contributed by atoms with van der Waals surface area (Å²) in [5, 5.41) is 3.15. The molecule has 1 aliphatic carbocycles. The van der Waals surface area contributed by atoms with E-state index in [9.17, 15) is 4.39 Å². The van der Waals surface area contributed by atoms with Crippen molar-refractivity contribution in [3.8, 4) is 5.75 Å². The van der Waals surface area contributed by atoms with E-state index in [0.29, 0.717) is 18.4 Å². The van der Waals surface area contributed by atoms with Crippen LogP contribution in [0.15, 0.2) is 30.7 Å². The zero-order chi connectivity index (χ0) is 14.8. The largest absolute Gasteiger partial charge is 0.487 e. The second-order valence-electron chi connectivity index (χ2n) is 5.50. The van der Waals surface area contributed by atoms with Crippen LogP contribution in [0.5, 0.6) is 5.75 Å². The van der Waals surface area contributed by atoms with Crippen molar-refractivity contribution >= 4 is 0 Å². The number of hydrogen-bond donors (Lipinski definition) is 1. The smallest absolute Gasteiger partial charge is 0.130 e. The molecule has 5 heteroatoms. The molecule has 0 radical (unpaired) electrons. The molecule has 0 amide bonds. The Morgan fingerprint density at radius 1 is 1.48 bits per heavy atom. The number of rotatable bonds is 6. The Morgan fingerprint density at radius 3 is 3.00 bits per heavy atom. The number of halogens is 1. The molecule has 1 fully saturated rings. The fraction of sp³-hybridized carbons (Fsp3) is 0.438. The van der Waals surface area contributed by atoms with Gasteiger partial charge in [0.15, 0.2) is 0 Å². The monoisotopic (exact) mass is 289 g/mol. The molecule has 1 aliphatic rings. The second kappa shape index (κ2) is 5.85. The standard InChI is InChI=1S/C16H20FN3O/c1-11(18-2)15-6-3-12(17)7-16(15)21-9-14-8-19-10-20(14)13-4-5-13/h3,6-8,10-11,13,18H,4-5,9H2,1-2H3. The molecule has 1 heterocycles. The summed E-state index contributed by atoms with van der Waals surface area (Å²) in [4.78, 5) is 4.18. The first kappa shape index (κ1) is 14.1. The third-order valence-corrected chi connectivity index (χ3v) is 3.94. The van der Waals surface area contributed by atoms with Crippen LogP contribution in [0.25, 0.3) is 0 Å². The van der Waals surface area contributed by atoms with Crippen LogP contribution in [0.2, 0.25) is 0 Å². The summed E-state index contributed by atoms with van der Waals surface area (Å²) in [7, 11) is 1.87. The van der Waals surface area contributed by atoms with E-state index in [2.05, 4.69) is 14.9 Å². The summed E-state index contributed by atoms with van der Waals surface area (Å²) >= 11 is 0. The van der Waals surface area contributed by atoms with Gasteiger partial charge < -0.3 is 14.6 Å². The molecule has 0 saturated heterocycles. The van der Waals surface area contributed by atoms with Crippen LogP contribution >= 0.6 is 0 Å². The number of hydrogen-bond acceptors (Lipinski definition) is 3. The Morgan fingerprint density at radius 2 is 2.29 bits per heavy atom. The van der Waals surface area contributed by atoms with Gasteiger partial charge in [0.1, 0.15) is 18.2 Å². The van der Waals surface area contributed by atoms with E-state index >= 15 is 0 Å². The van der Waals surface area contributed by atoms with Crippen molar-refractivity contribution < 1.29 is 9.13 Å². The number of nitrogens with one attached hydrogen (secondary N) is 1. The quantitative estimate of drug-likeness (QED) is 0.887. The van der Waals surface area contributed by atoms with Gasteiger partial charge in [0.2, 0.25) is 0 Å². The molecule has 1 N–H and O–H groups in total. The molecular weight excluding hydrogens is 269 g/mol. The van der Waals surface area contributed by atoms with Crippen molar-refractivity contribution in [1.82, 2.24) is 14.9 Å². The predicted octanol–water partition coefficient (Wildman–Crippen LogP) is 3.22. The maximum absolute atomic E-state index is 13.5. The topological polar surface area (TPSA) is 39.1 Å². The minimum absolute atomic E-state index is 0.106. The maximum atomic E-state index is 13.5. The average molecular weight is 289 g/mol. The SMILES string of the molecule is CNC(C)c1ccc(F)cc1OCc1cncn1C1CC1. The molecule has 0 bridgehead atoms. The minimum atomic E-state index is -0.284.